The van der Waals surface area contributed by atoms with Crippen molar-refractivity contribution in [2.75, 3.05) is 5.32 Å². The van der Waals surface area contributed by atoms with E-state index in [0.717, 1.165) is 33.3 Å². The zero-order valence-corrected chi connectivity index (χ0v) is 29.4. The highest BCUT2D eigenvalue weighted by atomic mass is 32.2. The lowest BCUT2D eigenvalue weighted by atomic mass is 10.00. The number of fused-ring (bicyclic) bond motifs is 1. The molecule has 5 aromatic carbocycles. The number of sulfonamides is 1. The van der Waals surface area contributed by atoms with Crippen LogP contribution in [0.5, 0.6) is 0 Å². The van der Waals surface area contributed by atoms with Gasteiger partial charge in [-0.3, -0.25) is 4.79 Å². The average Bonchev–Trinajstić information content (AvgIpc) is 3.57. The zero-order chi connectivity index (χ0) is 36.1. The number of aliphatic hydroxyl groups is 1. The topological polar surface area (TPSA) is 132 Å². The Bertz CT molecular complexity index is 2240. The van der Waals surface area contributed by atoms with Crippen LogP contribution >= 0.6 is 0 Å². The van der Waals surface area contributed by atoms with Gasteiger partial charge in [0.15, 0.2) is 6.29 Å². The molecule has 1 aliphatic rings. The molecule has 0 aliphatic carbocycles. The maximum atomic E-state index is 13.9. The summed E-state index contributed by atoms with van der Waals surface area (Å²) in [5, 5.41) is 12.5. The summed E-state index contributed by atoms with van der Waals surface area (Å²) in [5.41, 5.74) is 6.56. The number of ether oxygens (including phenoxy) is 2. The fraction of sp³-hybridized carbons (Fsp3) is 0.220. The molecule has 1 unspecified atom stereocenters. The van der Waals surface area contributed by atoms with E-state index in [1.54, 1.807) is 30.3 Å². The van der Waals surface area contributed by atoms with Crippen molar-refractivity contribution in [3.05, 3.63) is 162 Å². The third kappa shape index (κ3) is 8.31. The Hall–Kier alpha value is -5.17. The van der Waals surface area contributed by atoms with Gasteiger partial charge in [-0.05, 0) is 66.4 Å². The Labute approximate surface area is 303 Å². The van der Waals surface area contributed by atoms with Crippen LogP contribution in [0.4, 0.5) is 5.69 Å². The van der Waals surface area contributed by atoms with E-state index >= 15 is 0 Å². The lowest BCUT2D eigenvalue weighted by molar-refractivity contribution is -0.252. The van der Waals surface area contributed by atoms with Crippen LogP contribution in [0.15, 0.2) is 139 Å². The highest BCUT2D eigenvalue weighted by Gasteiger charge is 2.33. The largest absolute Gasteiger partial charge is 0.392 e. The Morgan fingerprint density at radius 3 is 2.38 bits per heavy atom. The number of aliphatic hydroxyl groups excluding tert-OH is 1. The SMILES string of the molecule is Cc1ccc(S(=O)(=O)N[C@H](Cc2ccccc2)C(=O)Nc2cccc(C3O[C@H](Cn4cnc5ccccc54)C[C@H](c4ccc(CO)cc4)O3)c2)cc1. The third-order valence-electron chi connectivity index (χ3n) is 9.20. The number of nitrogens with zero attached hydrogens (tertiary/aromatic N) is 2. The summed E-state index contributed by atoms with van der Waals surface area (Å²) >= 11 is 0. The second-order valence-electron chi connectivity index (χ2n) is 13.0. The maximum Gasteiger partial charge on any atom is 0.242 e. The van der Waals surface area contributed by atoms with E-state index < -0.39 is 28.3 Å². The minimum absolute atomic E-state index is 0.0496. The molecule has 52 heavy (non-hydrogen) atoms. The summed E-state index contributed by atoms with van der Waals surface area (Å²) in [4.78, 5) is 18.5. The van der Waals surface area contributed by atoms with Crippen LogP contribution in [0.2, 0.25) is 0 Å². The monoisotopic (exact) mass is 716 g/mol. The molecule has 0 saturated carbocycles. The van der Waals surface area contributed by atoms with E-state index in [2.05, 4.69) is 19.6 Å². The van der Waals surface area contributed by atoms with E-state index in [4.69, 9.17) is 9.47 Å². The summed E-state index contributed by atoms with van der Waals surface area (Å²) in [6.07, 6.45) is 1.22. The molecular formula is C41H40N4O6S. The van der Waals surface area contributed by atoms with Crippen molar-refractivity contribution in [1.82, 2.24) is 14.3 Å². The molecule has 1 amide bonds. The van der Waals surface area contributed by atoms with Crippen molar-refractivity contribution in [2.24, 2.45) is 0 Å². The summed E-state index contributed by atoms with van der Waals surface area (Å²) in [6, 6.07) is 37.5. The lowest BCUT2D eigenvalue weighted by Crippen LogP contribution is -2.45. The maximum absolute atomic E-state index is 13.9. The average molecular weight is 717 g/mol. The first-order valence-electron chi connectivity index (χ1n) is 17.2. The first-order valence-corrected chi connectivity index (χ1v) is 18.7. The number of nitrogens with one attached hydrogen (secondary N) is 2. The standard InChI is InChI=1S/C41H40N4O6S/c1-28-14-20-35(21-15-28)52(48,49)44-37(22-29-8-3-2-4-9-29)40(47)43-33-11-7-10-32(23-33)41-50-34(25-45-27-42-36-12-5-6-13-38(36)45)24-39(51-41)31-18-16-30(26-46)17-19-31/h2-21,23,27,34,37,39,41,44,46H,22,24-26H2,1H3,(H,43,47)/t34-,37+,39+,41?/m0/s1. The molecule has 0 spiro atoms. The lowest BCUT2D eigenvalue weighted by Gasteiger charge is -2.36. The molecule has 0 bridgehead atoms. The zero-order valence-electron chi connectivity index (χ0n) is 28.6. The van der Waals surface area contributed by atoms with Gasteiger partial charge in [-0.15, -0.1) is 0 Å². The molecule has 1 fully saturated rings. The van der Waals surface area contributed by atoms with Gasteiger partial charge in [0, 0.05) is 17.7 Å². The van der Waals surface area contributed by atoms with Crippen LogP contribution in [0.1, 0.15) is 46.6 Å². The molecule has 3 N–H and O–H groups in total. The van der Waals surface area contributed by atoms with E-state index in [1.807, 2.05) is 98.2 Å². The van der Waals surface area contributed by atoms with E-state index in [-0.39, 0.29) is 30.1 Å². The number of imidazole rings is 1. The molecule has 2 heterocycles. The van der Waals surface area contributed by atoms with Gasteiger partial charge in [0.05, 0.1) is 47.6 Å². The van der Waals surface area contributed by atoms with Gasteiger partial charge in [-0.1, -0.05) is 96.6 Å². The van der Waals surface area contributed by atoms with Crippen molar-refractivity contribution >= 4 is 32.7 Å². The van der Waals surface area contributed by atoms with Crippen molar-refractivity contribution in [2.45, 2.75) is 62.4 Å². The number of anilines is 1. The van der Waals surface area contributed by atoms with Crippen molar-refractivity contribution in [3.8, 4) is 0 Å². The molecule has 1 saturated heterocycles. The molecule has 1 aliphatic heterocycles. The Morgan fingerprint density at radius 2 is 1.62 bits per heavy atom. The summed E-state index contributed by atoms with van der Waals surface area (Å²) in [6.45, 7) is 2.38. The van der Waals surface area contributed by atoms with E-state index in [9.17, 15) is 18.3 Å². The number of hydrogen-bond acceptors (Lipinski definition) is 7. The number of carbonyl (C=O) groups is 1. The number of para-hydroxylation sites is 2. The minimum Gasteiger partial charge on any atom is -0.392 e. The highest BCUT2D eigenvalue weighted by Crippen LogP contribution is 2.39. The summed E-state index contributed by atoms with van der Waals surface area (Å²) in [5.74, 6) is -0.506. The van der Waals surface area contributed by atoms with Crippen LogP contribution in [-0.2, 0) is 43.9 Å². The van der Waals surface area contributed by atoms with Gasteiger partial charge in [-0.2, -0.15) is 4.72 Å². The predicted molar refractivity (Wildman–Crippen MR) is 199 cm³/mol. The van der Waals surface area contributed by atoms with Gasteiger partial charge in [0.1, 0.15) is 6.04 Å². The van der Waals surface area contributed by atoms with Crippen molar-refractivity contribution < 1.29 is 27.8 Å². The third-order valence-corrected chi connectivity index (χ3v) is 10.7. The Morgan fingerprint density at radius 1 is 0.865 bits per heavy atom. The number of benzene rings is 5. The van der Waals surface area contributed by atoms with Crippen LogP contribution in [0, 0.1) is 6.92 Å². The van der Waals surface area contributed by atoms with Gasteiger partial charge in [0.2, 0.25) is 15.9 Å². The van der Waals surface area contributed by atoms with Gasteiger partial charge < -0.3 is 24.5 Å². The molecule has 266 valence electrons. The highest BCUT2D eigenvalue weighted by molar-refractivity contribution is 7.89. The first kappa shape index (κ1) is 35.2. The quantitative estimate of drug-likeness (QED) is 0.130. The number of aryl methyl sites for hydroxylation is 1. The van der Waals surface area contributed by atoms with E-state index in [0.29, 0.717) is 24.2 Å². The van der Waals surface area contributed by atoms with Gasteiger partial charge in [-0.25, -0.2) is 13.4 Å². The first-order chi connectivity index (χ1) is 25.2. The number of aromatic nitrogens is 2. The van der Waals surface area contributed by atoms with Crippen molar-refractivity contribution in [1.29, 1.82) is 0 Å². The normalized spacial score (nSPS) is 18.2. The summed E-state index contributed by atoms with van der Waals surface area (Å²) < 4.78 is 44.7. The molecule has 4 atom stereocenters. The van der Waals surface area contributed by atoms with Crippen LogP contribution < -0.4 is 10.0 Å². The summed E-state index contributed by atoms with van der Waals surface area (Å²) in [7, 11) is -4.01. The number of amides is 1. The molecule has 6 aromatic rings. The van der Waals surface area contributed by atoms with Gasteiger partial charge in [0.25, 0.3) is 0 Å². The molecule has 7 rings (SSSR count). The fourth-order valence-electron chi connectivity index (χ4n) is 6.41. The van der Waals surface area contributed by atoms with Gasteiger partial charge >= 0.3 is 0 Å². The molecule has 1 aromatic heterocycles. The molecule has 0 radical (unpaired) electrons. The second kappa shape index (κ2) is 15.6. The smallest absolute Gasteiger partial charge is 0.242 e. The number of rotatable bonds is 12. The predicted octanol–water partition coefficient (Wildman–Crippen LogP) is 6.61. The Balaban J connectivity index is 1.13. The molecule has 11 heteroatoms. The molecule has 10 nitrogen and oxygen atoms in total. The number of hydrogen-bond donors (Lipinski definition) is 3. The fourth-order valence-corrected chi connectivity index (χ4v) is 7.61. The second-order valence-corrected chi connectivity index (χ2v) is 14.7. The minimum atomic E-state index is -4.01. The molecular weight excluding hydrogens is 677 g/mol. The Kier molecular flexibility index (Phi) is 10.6. The van der Waals surface area contributed by atoms with Crippen LogP contribution in [-0.4, -0.2) is 41.1 Å². The van der Waals surface area contributed by atoms with Crippen LogP contribution in [0.3, 0.4) is 0 Å². The van der Waals surface area contributed by atoms with Crippen molar-refractivity contribution in [3.63, 3.8) is 0 Å². The van der Waals surface area contributed by atoms with Crippen LogP contribution in [0.25, 0.3) is 11.0 Å². The van der Waals surface area contributed by atoms with E-state index in [1.165, 1.54) is 12.1 Å². The number of carbonyl (C=O) groups excluding carboxylic acids is 1.